The third kappa shape index (κ3) is 3.08. The zero-order valence-corrected chi connectivity index (χ0v) is 10.8. The SMILES string of the molecule is CCOC(CC1CCCc2ccccc21)OC. The van der Waals surface area contributed by atoms with Gasteiger partial charge in [0.15, 0.2) is 6.29 Å². The van der Waals surface area contributed by atoms with Gasteiger partial charge in [0.1, 0.15) is 0 Å². The van der Waals surface area contributed by atoms with Crippen molar-refractivity contribution in [1.29, 1.82) is 0 Å². The van der Waals surface area contributed by atoms with Gasteiger partial charge in [-0.05, 0) is 43.2 Å². The molecule has 0 aromatic heterocycles. The van der Waals surface area contributed by atoms with Crippen molar-refractivity contribution in [1.82, 2.24) is 0 Å². The maximum atomic E-state index is 5.59. The van der Waals surface area contributed by atoms with E-state index in [1.54, 1.807) is 7.11 Å². The first-order valence-electron chi connectivity index (χ1n) is 6.57. The second-order valence-electron chi connectivity index (χ2n) is 4.64. The van der Waals surface area contributed by atoms with Gasteiger partial charge in [-0.15, -0.1) is 0 Å². The molecule has 2 heteroatoms. The summed E-state index contributed by atoms with van der Waals surface area (Å²) < 4.78 is 11.0. The fraction of sp³-hybridized carbons (Fsp3) is 0.600. The summed E-state index contributed by atoms with van der Waals surface area (Å²) in [6.45, 7) is 2.73. The molecule has 17 heavy (non-hydrogen) atoms. The minimum Gasteiger partial charge on any atom is -0.356 e. The highest BCUT2D eigenvalue weighted by molar-refractivity contribution is 5.32. The van der Waals surface area contributed by atoms with Crippen LogP contribution in [0.15, 0.2) is 24.3 Å². The van der Waals surface area contributed by atoms with Crippen LogP contribution < -0.4 is 0 Å². The Balaban J connectivity index is 2.07. The molecule has 1 aromatic carbocycles. The van der Waals surface area contributed by atoms with Crippen molar-refractivity contribution in [2.75, 3.05) is 13.7 Å². The highest BCUT2D eigenvalue weighted by atomic mass is 16.7. The first-order valence-corrected chi connectivity index (χ1v) is 6.57. The zero-order valence-electron chi connectivity index (χ0n) is 10.8. The number of fused-ring (bicyclic) bond motifs is 1. The van der Waals surface area contributed by atoms with Crippen molar-refractivity contribution >= 4 is 0 Å². The molecule has 0 N–H and O–H groups in total. The monoisotopic (exact) mass is 234 g/mol. The average Bonchev–Trinajstić information content (AvgIpc) is 2.38. The van der Waals surface area contributed by atoms with Crippen LogP contribution in [0.5, 0.6) is 0 Å². The van der Waals surface area contributed by atoms with Gasteiger partial charge in [-0.25, -0.2) is 0 Å². The van der Waals surface area contributed by atoms with Crippen LogP contribution in [0.3, 0.4) is 0 Å². The Labute approximate surface area is 104 Å². The van der Waals surface area contributed by atoms with Crippen LogP contribution in [0.4, 0.5) is 0 Å². The molecular formula is C15H22O2. The van der Waals surface area contributed by atoms with Crippen LogP contribution >= 0.6 is 0 Å². The van der Waals surface area contributed by atoms with Crippen LogP contribution in [-0.4, -0.2) is 20.0 Å². The van der Waals surface area contributed by atoms with E-state index in [9.17, 15) is 0 Å². The van der Waals surface area contributed by atoms with Gasteiger partial charge >= 0.3 is 0 Å². The fourth-order valence-corrected chi connectivity index (χ4v) is 2.75. The van der Waals surface area contributed by atoms with Gasteiger partial charge in [0, 0.05) is 20.1 Å². The molecule has 0 saturated heterocycles. The van der Waals surface area contributed by atoms with Crippen molar-refractivity contribution in [3.05, 3.63) is 35.4 Å². The molecule has 0 heterocycles. The predicted octanol–water partition coefficient (Wildman–Crippen LogP) is 3.51. The van der Waals surface area contributed by atoms with Crippen molar-refractivity contribution < 1.29 is 9.47 Å². The topological polar surface area (TPSA) is 18.5 Å². The standard InChI is InChI=1S/C15H22O2/c1-3-17-15(16-2)11-13-9-6-8-12-7-4-5-10-14(12)13/h4-5,7,10,13,15H,3,6,8-9,11H2,1-2H3. The summed E-state index contributed by atoms with van der Waals surface area (Å²) >= 11 is 0. The molecule has 94 valence electrons. The third-order valence-electron chi connectivity index (χ3n) is 3.59. The number of rotatable bonds is 5. The number of benzene rings is 1. The molecule has 0 aliphatic heterocycles. The quantitative estimate of drug-likeness (QED) is 0.726. The fourth-order valence-electron chi connectivity index (χ4n) is 2.75. The first-order chi connectivity index (χ1) is 8.35. The minimum atomic E-state index is -0.0591. The average molecular weight is 234 g/mol. The molecule has 2 nitrogen and oxygen atoms in total. The summed E-state index contributed by atoms with van der Waals surface area (Å²) in [6.07, 6.45) is 4.67. The molecule has 0 spiro atoms. The lowest BCUT2D eigenvalue weighted by Gasteiger charge is -2.28. The smallest absolute Gasteiger partial charge is 0.157 e. The molecule has 2 unspecified atom stereocenters. The summed E-state index contributed by atoms with van der Waals surface area (Å²) in [7, 11) is 1.73. The normalized spacial score (nSPS) is 20.9. The molecule has 1 aliphatic carbocycles. The molecule has 0 fully saturated rings. The number of aryl methyl sites for hydroxylation is 1. The van der Waals surface area contributed by atoms with E-state index in [2.05, 4.69) is 24.3 Å². The Morgan fingerprint density at radius 3 is 2.94 bits per heavy atom. The largest absolute Gasteiger partial charge is 0.356 e. The Bertz CT molecular complexity index is 349. The van der Waals surface area contributed by atoms with Crippen LogP contribution in [-0.2, 0) is 15.9 Å². The van der Waals surface area contributed by atoms with E-state index >= 15 is 0 Å². The predicted molar refractivity (Wildman–Crippen MR) is 69.2 cm³/mol. The van der Waals surface area contributed by atoms with Crippen LogP contribution in [0.25, 0.3) is 0 Å². The second-order valence-corrected chi connectivity index (χ2v) is 4.64. The molecule has 0 radical (unpaired) electrons. The molecule has 1 aromatic rings. The van der Waals surface area contributed by atoms with Crippen molar-refractivity contribution in [2.24, 2.45) is 0 Å². The maximum Gasteiger partial charge on any atom is 0.157 e. The van der Waals surface area contributed by atoms with Gasteiger partial charge in [-0.1, -0.05) is 24.3 Å². The molecule has 2 rings (SSSR count). The lowest BCUT2D eigenvalue weighted by molar-refractivity contribution is -0.127. The molecule has 2 atom stereocenters. The summed E-state index contributed by atoms with van der Waals surface area (Å²) in [4.78, 5) is 0. The summed E-state index contributed by atoms with van der Waals surface area (Å²) in [6, 6.07) is 8.79. The molecule has 0 saturated carbocycles. The molecule has 0 amide bonds. The highest BCUT2D eigenvalue weighted by Gasteiger charge is 2.23. The van der Waals surface area contributed by atoms with Gasteiger partial charge in [0.05, 0.1) is 0 Å². The molecule has 0 bridgehead atoms. The summed E-state index contributed by atoms with van der Waals surface area (Å²) in [5.74, 6) is 0.594. The van der Waals surface area contributed by atoms with E-state index in [-0.39, 0.29) is 6.29 Å². The number of hydrogen-bond donors (Lipinski definition) is 0. The van der Waals surface area contributed by atoms with Gasteiger partial charge in [0.25, 0.3) is 0 Å². The van der Waals surface area contributed by atoms with Crippen molar-refractivity contribution in [2.45, 2.75) is 44.8 Å². The maximum absolute atomic E-state index is 5.59. The van der Waals surface area contributed by atoms with E-state index < -0.39 is 0 Å². The van der Waals surface area contributed by atoms with E-state index in [1.165, 1.54) is 30.4 Å². The lowest BCUT2D eigenvalue weighted by Crippen LogP contribution is -2.21. The van der Waals surface area contributed by atoms with E-state index in [0.29, 0.717) is 12.5 Å². The highest BCUT2D eigenvalue weighted by Crippen LogP contribution is 2.35. The van der Waals surface area contributed by atoms with Gasteiger partial charge in [-0.2, -0.15) is 0 Å². The zero-order chi connectivity index (χ0) is 12.1. The number of methoxy groups -OCH3 is 1. The van der Waals surface area contributed by atoms with E-state index in [0.717, 1.165) is 6.42 Å². The second kappa shape index (κ2) is 6.18. The van der Waals surface area contributed by atoms with Gasteiger partial charge < -0.3 is 9.47 Å². The Morgan fingerprint density at radius 1 is 1.35 bits per heavy atom. The Morgan fingerprint density at radius 2 is 2.18 bits per heavy atom. The van der Waals surface area contributed by atoms with Crippen LogP contribution in [0, 0.1) is 0 Å². The number of hydrogen-bond acceptors (Lipinski definition) is 2. The van der Waals surface area contributed by atoms with Gasteiger partial charge in [0.2, 0.25) is 0 Å². The number of ether oxygens (including phenoxy) is 2. The van der Waals surface area contributed by atoms with E-state index in [4.69, 9.17) is 9.47 Å². The lowest BCUT2D eigenvalue weighted by atomic mass is 9.81. The Hall–Kier alpha value is -0.860. The van der Waals surface area contributed by atoms with Crippen LogP contribution in [0.1, 0.15) is 43.2 Å². The van der Waals surface area contributed by atoms with Crippen molar-refractivity contribution in [3.63, 3.8) is 0 Å². The Kier molecular flexibility index (Phi) is 4.57. The van der Waals surface area contributed by atoms with Gasteiger partial charge in [-0.3, -0.25) is 0 Å². The molecule has 1 aliphatic rings. The van der Waals surface area contributed by atoms with E-state index in [1.807, 2.05) is 6.92 Å². The molecular weight excluding hydrogens is 212 g/mol. The summed E-state index contributed by atoms with van der Waals surface area (Å²) in [5.41, 5.74) is 3.01. The third-order valence-corrected chi connectivity index (χ3v) is 3.59. The van der Waals surface area contributed by atoms with Crippen LogP contribution in [0.2, 0.25) is 0 Å². The van der Waals surface area contributed by atoms with Crippen molar-refractivity contribution in [3.8, 4) is 0 Å². The summed E-state index contributed by atoms with van der Waals surface area (Å²) in [5, 5.41) is 0. The minimum absolute atomic E-state index is 0.0591. The first kappa shape index (κ1) is 12.6.